The van der Waals surface area contributed by atoms with E-state index in [1.54, 1.807) is 0 Å². The molecule has 0 aliphatic heterocycles. The number of nitrogens with zero attached hydrogens (tertiary/aromatic N) is 1. The van der Waals surface area contributed by atoms with E-state index in [0.29, 0.717) is 5.13 Å². The molecule has 0 bridgehead atoms. The van der Waals surface area contributed by atoms with Crippen LogP contribution in [0.25, 0.3) is 0 Å². The summed E-state index contributed by atoms with van der Waals surface area (Å²) in [7, 11) is 0. The zero-order chi connectivity index (χ0) is 14.9. The van der Waals surface area contributed by atoms with Crippen molar-refractivity contribution in [2.45, 2.75) is 13.8 Å². The van der Waals surface area contributed by atoms with E-state index in [-0.39, 0.29) is 16.4 Å². The number of aromatic carboxylic acids is 1. The van der Waals surface area contributed by atoms with Crippen molar-refractivity contribution in [1.82, 2.24) is 4.98 Å². The Morgan fingerprint density at radius 2 is 2.10 bits per heavy atom. The van der Waals surface area contributed by atoms with Gasteiger partial charge in [-0.2, -0.15) is 0 Å². The Morgan fingerprint density at radius 3 is 2.60 bits per heavy atom. The molecular formula is C13H11BrN2O3S. The molecule has 0 amide bonds. The molecule has 0 aliphatic rings. The highest BCUT2D eigenvalue weighted by Gasteiger charge is 2.20. The van der Waals surface area contributed by atoms with Crippen molar-refractivity contribution in [2.24, 2.45) is 0 Å². The summed E-state index contributed by atoms with van der Waals surface area (Å²) >= 11 is 4.44. The van der Waals surface area contributed by atoms with Gasteiger partial charge in [0.1, 0.15) is 4.88 Å². The van der Waals surface area contributed by atoms with Gasteiger partial charge in [0.15, 0.2) is 16.6 Å². The Labute approximate surface area is 127 Å². The highest BCUT2D eigenvalue weighted by molar-refractivity contribution is 9.10. The van der Waals surface area contributed by atoms with Crippen LogP contribution in [0.1, 0.15) is 32.6 Å². The van der Waals surface area contributed by atoms with Crippen LogP contribution in [0, 0.1) is 6.92 Å². The van der Waals surface area contributed by atoms with Gasteiger partial charge in [-0.05, 0) is 30.7 Å². The van der Waals surface area contributed by atoms with E-state index in [4.69, 9.17) is 5.11 Å². The van der Waals surface area contributed by atoms with Crippen molar-refractivity contribution < 1.29 is 14.7 Å². The van der Waals surface area contributed by atoms with E-state index in [2.05, 4.69) is 26.2 Å². The van der Waals surface area contributed by atoms with Gasteiger partial charge in [0, 0.05) is 17.1 Å². The molecular weight excluding hydrogens is 344 g/mol. The van der Waals surface area contributed by atoms with E-state index in [1.807, 2.05) is 25.1 Å². The van der Waals surface area contributed by atoms with Gasteiger partial charge in [0.05, 0.1) is 0 Å². The number of rotatable bonds is 4. The van der Waals surface area contributed by atoms with E-state index in [1.165, 1.54) is 6.92 Å². The van der Waals surface area contributed by atoms with Gasteiger partial charge in [-0.3, -0.25) is 4.79 Å². The van der Waals surface area contributed by atoms with Crippen molar-refractivity contribution in [1.29, 1.82) is 0 Å². The van der Waals surface area contributed by atoms with Crippen LogP contribution in [0.3, 0.4) is 0 Å². The summed E-state index contributed by atoms with van der Waals surface area (Å²) in [5.74, 6) is -1.51. The van der Waals surface area contributed by atoms with E-state index < -0.39 is 5.97 Å². The molecule has 1 aromatic carbocycles. The van der Waals surface area contributed by atoms with Crippen LogP contribution >= 0.6 is 27.3 Å². The second-order valence-electron chi connectivity index (χ2n) is 4.15. The molecule has 5 nitrogen and oxygen atoms in total. The number of hydrogen-bond acceptors (Lipinski definition) is 5. The molecule has 0 aliphatic carbocycles. The summed E-state index contributed by atoms with van der Waals surface area (Å²) < 4.78 is 0.984. The van der Waals surface area contributed by atoms with Gasteiger partial charge in [0.25, 0.3) is 0 Å². The van der Waals surface area contributed by atoms with Gasteiger partial charge >= 0.3 is 5.97 Å². The first-order valence-corrected chi connectivity index (χ1v) is 7.27. The molecule has 2 N–H and O–H groups in total. The molecule has 0 radical (unpaired) electrons. The fourth-order valence-corrected chi connectivity index (χ4v) is 2.72. The molecule has 0 atom stereocenters. The third kappa shape index (κ3) is 3.05. The first-order chi connectivity index (χ1) is 9.38. The second kappa shape index (κ2) is 5.72. The Kier molecular flexibility index (Phi) is 4.20. The Hall–Kier alpha value is -1.73. The lowest BCUT2D eigenvalue weighted by atomic mass is 10.2. The van der Waals surface area contributed by atoms with Gasteiger partial charge < -0.3 is 10.4 Å². The first kappa shape index (κ1) is 14.7. The third-order valence-electron chi connectivity index (χ3n) is 2.56. The van der Waals surface area contributed by atoms with E-state index >= 15 is 0 Å². The Morgan fingerprint density at radius 1 is 1.40 bits per heavy atom. The monoisotopic (exact) mass is 354 g/mol. The fourth-order valence-electron chi connectivity index (χ4n) is 1.60. The molecule has 2 rings (SSSR count). The predicted molar refractivity (Wildman–Crippen MR) is 81.2 cm³/mol. The minimum Gasteiger partial charge on any atom is -0.476 e. The number of aromatic nitrogens is 1. The number of carbonyl (C=O) groups is 2. The van der Waals surface area contributed by atoms with Crippen molar-refractivity contribution >= 4 is 49.8 Å². The lowest BCUT2D eigenvalue weighted by Crippen LogP contribution is -2.03. The number of hydrogen-bond donors (Lipinski definition) is 2. The lowest BCUT2D eigenvalue weighted by Gasteiger charge is -2.04. The number of anilines is 2. The molecule has 0 unspecified atom stereocenters. The second-order valence-corrected chi connectivity index (χ2v) is 6.00. The largest absolute Gasteiger partial charge is 0.476 e. The number of thiazole rings is 1. The minimum absolute atomic E-state index is 0.147. The number of carboxylic acids is 1. The van der Waals surface area contributed by atoms with Crippen LogP contribution in [0.4, 0.5) is 10.8 Å². The maximum absolute atomic E-state index is 11.4. The summed E-state index contributed by atoms with van der Waals surface area (Å²) in [6.45, 7) is 3.27. The van der Waals surface area contributed by atoms with Crippen LogP contribution in [-0.4, -0.2) is 21.8 Å². The molecule has 7 heteroatoms. The molecule has 0 fully saturated rings. The number of benzene rings is 1. The number of carbonyl (C=O) groups excluding carboxylic acids is 1. The summed E-state index contributed by atoms with van der Waals surface area (Å²) in [6, 6.07) is 5.63. The van der Waals surface area contributed by atoms with Crippen molar-refractivity contribution in [3.8, 4) is 0 Å². The summed E-state index contributed by atoms with van der Waals surface area (Å²) in [6.07, 6.45) is 0. The van der Waals surface area contributed by atoms with Crippen LogP contribution in [0.2, 0.25) is 0 Å². The highest BCUT2D eigenvalue weighted by Crippen LogP contribution is 2.28. The molecule has 1 aromatic heterocycles. The first-order valence-electron chi connectivity index (χ1n) is 5.66. The normalized spacial score (nSPS) is 10.3. The summed E-state index contributed by atoms with van der Waals surface area (Å²) in [5.41, 5.74) is 1.61. The fraction of sp³-hybridized carbons (Fsp3) is 0.154. The van der Waals surface area contributed by atoms with Gasteiger partial charge in [0.2, 0.25) is 0 Å². The van der Waals surface area contributed by atoms with E-state index in [0.717, 1.165) is 27.1 Å². The summed E-state index contributed by atoms with van der Waals surface area (Å²) in [4.78, 5) is 26.6. The zero-order valence-corrected chi connectivity index (χ0v) is 13.1. The predicted octanol–water partition coefficient (Wildman–Crippen LogP) is 3.86. The molecule has 0 saturated carbocycles. The van der Waals surface area contributed by atoms with Gasteiger partial charge in [-0.15, -0.1) is 0 Å². The molecule has 1 heterocycles. The Bertz CT molecular complexity index is 665. The molecule has 0 spiro atoms. The van der Waals surface area contributed by atoms with Gasteiger partial charge in [-0.1, -0.05) is 27.3 Å². The number of nitrogens with one attached hydrogen (secondary N) is 1. The van der Waals surface area contributed by atoms with Crippen LogP contribution in [-0.2, 0) is 0 Å². The zero-order valence-electron chi connectivity index (χ0n) is 10.7. The topological polar surface area (TPSA) is 79.3 Å². The number of Topliss-reactive ketones (excluding diaryl/α,β-unsaturated/α-hetero) is 1. The number of halogens is 1. The summed E-state index contributed by atoms with van der Waals surface area (Å²) in [5, 5.41) is 12.4. The quantitative estimate of drug-likeness (QED) is 0.815. The van der Waals surface area contributed by atoms with Crippen molar-refractivity contribution in [3.63, 3.8) is 0 Å². The number of ketones is 1. The van der Waals surface area contributed by atoms with Gasteiger partial charge in [-0.25, -0.2) is 9.78 Å². The lowest BCUT2D eigenvalue weighted by molar-refractivity contribution is 0.0687. The molecule has 104 valence electrons. The standard InChI is InChI=1S/C13H11BrN2O3S/c1-6-5-8(3-4-9(6)14)15-13-16-10(12(18)19)11(20-13)7(2)17/h3-5H,1-2H3,(H,15,16)(H,18,19). The molecule has 0 saturated heterocycles. The van der Waals surface area contributed by atoms with Crippen molar-refractivity contribution in [2.75, 3.05) is 5.32 Å². The SMILES string of the molecule is CC(=O)c1sc(Nc2ccc(Br)c(C)c2)nc1C(=O)O. The minimum atomic E-state index is -1.20. The maximum atomic E-state index is 11.4. The number of carboxylic acid groups (broad SMARTS) is 1. The van der Waals surface area contributed by atoms with Crippen LogP contribution in [0.15, 0.2) is 22.7 Å². The van der Waals surface area contributed by atoms with E-state index in [9.17, 15) is 9.59 Å². The van der Waals surface area contributed by atoms with Crippen LogP contribution in [0.5, 0.6) is 0 Å². The Balaban J connectivity index is 2.34. The smallest absolute Gasteiger partial charge is 0.356 e. The maximum Gasteiger partial charge on any atom is 0.356 e. The average Bonchev–Trinajstić information content (AvgIpc) is 2.78. The highest BCUT2D eigenvalue weighted by atomic mass is 79.9. The average molecular weight is 355 g/mol. The number of aryl methyl sites for hydroxylation is 1. The van der Waals surface area contributed by atoms with Crippen LogP contribution < -0.4 is 5.32 Å². The molecule has 20 heavy (non-hydrogen) atoms. The molecule has 2 aromatic rings. The van der Waals surface area contributed by atoms with Crippen molar-refractivity contribution in [3.05, 3.63) is 38.8 Å². The third-order valence-corrected chi connectivity index (χ3v) is 4.52.